The van der Waals surface area contributed by atoms with Crippen molar-refractivity contribution in [1.82, 2.24) is 0 Å². The zero-order valence-corrected chi connectivity index (χ0v) is 30.6. The van der Waals surface area contributed by atoms with Crippen LogP contribution in [0.3, 0.4) is 0 Å². The van der Waals surface area contributed by atoms with Gasteiger partial charge in [-0.05, 0) is 26.2 Å². The van der Waals surface area contributed by atoms with Gasteiger partial charge < -0.3 is 78.0 Å². The highest BCUT2D eigenvalue weighted by Crippen LogP contribution is 2.43. The normalized spacial score (nSPS) is 29.0. The highest BCUT2D eigenvalue weighted by Gasteiger charge is 2.56. The molecule has 2 saturated heterocycles. The average Bonchev–Trinajstić information content (AvgIpc) is 3.00. The number of carbonyl (C=O) groups is 6. The summed E-state index contributed by atoms with van der Waals surface area (Å²) in [6.07, 6.45) is -13.7. The molecule has 6 N–H and O–H groups in total. The van der Waals surface area contributed by atoms with E-state index in [1.54, 1.807) is 41.5 Å². The van der Waals surface area contributed by atoms with E-state index >= 15 is 0 Å². The van der Waals surface area contributed by atoms with Gasteiger partial charge in [0.15, 0.2) is 12.6 Å². The minimum Gasteiger partial charge on any atom is -0.480 e. The lowest BCUT2D eigenvalue weighted by Crippen LogP contribution is -2.67. The first-order valence-corrected chi connectivity index (χ1v) is 16.6. The minimum atomic E-state index is -1.80. The fourth-order valence-electron chi connectivity index (χ4n) is 5.92. The standard InChI is InChI=1S/C32H50O22/c1-31(2,3)23-15(7-45-9-17(33)34)51-29(27(49-13-21(41)42)25(23)47-11-19(37)38)53-24-16(8-46-10-18(35)36)52-30(54-32(4,5)6)28(50-14-22(43)44)26(24)48-12-20(39)40/h15-16,23-30H,7-14H2,1-6H3,(H,33,34)(H,35,36)(H,37,38)(H,39,40)(H,41,42)(H,43,44)/t15?,16-,23?,24?,25?,26?,27+,28?,29?,30+/m0/s1. The van der Waals surface area contributed by atoms with E-state index in [9.17, 15) is 59.4 Å². The molecule has 0 amide bonds. The largest absolute Gasteiger partial charge is 0.480 e. The Balaban J connectivity index is 2.80. The summed E-state index contributed by atoms with van der Waals surface area (Å²) in [6, 6.07) is 0. The van der Waals surface area contributed by atoms with Gasteiger partial charge in [0.25, 0.3) is 0 Å². The molecule has 10 atom stereocenters. The number of aliphatic carboxylic acids is 6. The van der Waals surface area contributed by atoms with E-state index in [0.29, 0.717) is 0 Å². The van der Waals surface area contributed by atoms with Crippen LogP contribution >= 0.6 is 0 Å². The third-order valence-electron chi connectivity index (χ3n) is 7.62. The summed E-state index contributed by atoms with van der Waals surface area (Å²) in [5.74, 6) is -9.39. The Hall–Kier alpha value is -3.58. The zero-order valence-electron chi connectivity index (χ0n) is 30.6. The molecule has 0 aliphatic carbocycles. The molecule has 54 heavy (non-hydrogen) atoms. The van der Waals surface area contributed by atoms with Crippen molar-refractivity contribution in [2.45, 2.75) is 102 Å². The molecule has 2 aliphatic heterocycles. The van der Waals surface area contributed by atoms with Gasteiger partial charge in [0.2, 0.25) is 0 Å². The Morgan fingerprint density at radius 2 is 0.852 bits per heavy atom. The number of hydrogen-bond donors (Lipinski definition) is 6. The first-order chi connectivity index (χ1) is 25.0. The maximum atomic E-state index is 11.8. The summed E-state index contributed by atoms with van der Waals surface area (Å²) in [5, 5.41) is 56.6. The second-order valence-electron chi connectivity index (χ2n) is 14.3. The first kappa shape index (κ1) is 46.6. The summed E-state index contributed by atoms with van der Waals surface area (Å²) in [5.41, 5.74) is -1.85. The lowest BCUT2D eigenvalue weighted by atomic mass is 9.71. The molecule has 7 unspecified atom stereocenters. The van der Waals surface area contributed by atoms with E-state index in [-0.39, 0.29) is 0 Å². The minimum absolute atomic E-state index is 0.441. The van der Waals surface area contributed by atoms with Gasteiger partial charge >= 0.3 is 35.8 Å². The van der Waals surface area contributed by atoms with Gasteiger partial charge in [0, 0.05) is 5.92 Å². The van der Waals surface area contributed by atoms with E-state index < -0.39 is 161 Å². The molecule has 0 aromatic carbocycles. The van der Waals surface area contributed by atoms with Crippen LogP contribution in [0.1, 0.15) is 41.5 Å². The first-order valence-electron chi connectivity index (χ1n) is 16.6. The van der Waals surface area contributed by atoms with E-state index in [1.807, 2.05) is 0 Å². The van der Waals surface area contributed by atoms with Crippen molar-refractivity contribution in [1.29, 1.82) is 0 Å². The van der Waals surface area contributed by atoms with Gasteiger partial charge in [0.1, 0.15) is 70.2 Å². The third kappa shape index (κ3) is 15.6. The van der Waals surface area contributed by atoms with Crippen molar-refractivity contribution >= 4 is 35.8 Å². The molecule has 22 heteroatoms. The molecule has 0 spiro atoms. The van der Waals surface area contributed by atoms with Crippen LogP contribution in [0.5, 0.6) is 0 Å². The van der Waals surface area contributed by atoms with Crippen molar-refractivity contribution in [2.75, 3.05) is 52.9 Å². The topological polar surface area (TPSA) is 316 Å². The number of hydrogen-bond acceptors (Lipinski definition) is 16. The Kier molecular flexibility index (Phi) is 18.0. The number of carboxylic acid groups (broad SMARTS) is 6. The molecule has 0 bridgehead atoms. The maximum Gasteiger partial charge on any atom is 0.329 e. The molecule has 2 fully saturated rings. The average molecular weight is 787 g/mol. The van der Waals surface area contributed by atoms with Gasteiger partial charge in [-0.2, -0.15) is 0 Å². The lowest BCUT2D eigenvalue weighted by molar-refractivity contribution is -0.377. The van der Waals surface area contributed by atoms with E-state index in [2.05, 4.69) is 0 Å². The van der Waals surface area contributed by atoms with Crippen LogP contribution in [0.2, 0.25) is 0 Å². The predicted molar refractivity (Wildman–Crippen MR) is 172 cm³/mol. The number of ether oxygens (including phenoxy) is 10. The Morgan fingerprint density at radius 1 is 0.481 bits per heavy atom. The Morgan fingerprint density at radius 3 is 1.26 bits per heavy atom. The molecule has 310 valence electrons. The van der Waals surface area contributed by atoms with Crippen molar-refractivity contribution in [2.24, 2.45) is 11.3 Å². The molecule has 0 radical (unpaired) electrons. The van der Waals surface area contributed by atoms with Gasteiger partial charge in [-0.25, -0.2) is 28.8 Å². The molecule has 0 aromatic rings. The lowest BCUT2D eigenvalue weighted by Gasteiger charge is -2.52. The van der Waals surface area contributed by atoms with Crippen LogP contribution in [0.4, 0.5) is 0 Å². The van der Waals surface area contributed by atoms with Crippen LogP contribution in [0, 0.1) is 11.3 Å². The monoisotopic (exact) mass is 786 g/mol. The summed E-state index contributed by atoms with van der Waals surface area (Å²) in [4.78, 5) is 69.5. The van der Waals surface area contributed by atoms with Gasteiger partial charge in [-0.15, -0.1) is 0 Å². The van der Waals surface area contributed by atoms with Crippen molar-refractivity contribution in [3.63, 3.8) is 0 Å². The predicted octanol–water partition coefficient (Wildman–Crippen LogP) is -0.620. The van der Waals surface area contributed by atoms with E-state index in [4.69, 9.17) is 47.4 Å². The fourth-order valence-corrected chi connectivity index (χ4v) is 5.92. The molecule has 22 nitrogen and oxygen atoms in total. The quantitative estimate of drug-likeness (QED) is 0.0752. The van der Waals surface area contributed by atoms with Crippen LogP contribution in [-0.4, -0.2) is 180 Å². The summed E-state index contributed by atoms with van der Waals surface area (Å²) < 4.78 is 58.3. The highest BCUT2D eigenvalue weighted by atomic mass is 16.8. The summed E-state index contributed by atoms with van der Waals surface area (Å²) in [7, 11) is 0. The second-order valence-corrected chi connectivity index (χ2v) is 14.3. The van der Waals surface area contributed by atoms with Crippen molar-refractivity contribution < 1.29 is 107 Å². The Labute approximate surface area is 309 Å². The molecule has 2 heterocycles. The van der Waals surface area contributed by atoms with Crippen molar-refractivity contribution in [3.8, 4) is 0 Å². The number of rotatable bonds is 23. The third-order valence-corrected chi connectivity index (χ3v) is 7.62. The van der Waals surface area contributed by atoms with Crippen LogP contribution in [0.25, 0.3) is 0 Å². The van der Waals surface area contributed by atoms with Gasteiger partial charge in [-0.1, -0.05) is 20.8 Å². The van der Waals surface area contributed by atoms with Gasteiger partial charge in [0.05, 0.1) is 31.0 Å². The molecule has 2 aliphatic rings. The molecular weight excluding hydrogens is 736 g/mol. The van der Waals surface area contributed by atoms with Gasteiger partial charge in [-0.3, -0.25) is 0 Å². The highest BCUT2D eigenvalue weighted by molar-refractivity contribution is 5.69. The van der Waals surface area contributed by atoms with E-state index in [0.717, 1.165) is 0 Å². The molecule has 0 aromatic heterocycles. The van der Waals surface area contributed by atoms with Crippen LogP contribution in [-0.2, 0) is 76.1 Å². The summed E-state index contributed by atoms with van der Waals surface area (Å²) >= 11 is 0. The molecule has 2 rings (SSSR count). The zero-order chi connectivity index (χ0) is 41.0. The molecular formula is C32H50O22. The second kappa shape index (κ2) is 20.9. The van der Waals surface area contributed by atoms with Crippen LogP contribution in [0.15, 0.2) is 0 Å². The van der Waals surface area contributed by atoms with Crippen molar-refractivity contribution in [3.05, 3.63) is 0 Å². The van der Waals surface area contributed by atoms with E-state index in [1.165, 1.54) is 0 Å². The Bertz CT molecular complexity index is 1270. The smallest absolute Gasteiger partial charge is 0.329 e. The molecule has 0 saturated carbocycles. The summed E-state index contributed by atoms with van der Waals surface area (Å²) in [6.45, 7) is 3.46. The maximum absolute atomic E-state index is 11.8. The SMILES string of the molecule is CC(C)(C)O[C@H]1O[C@@H](COCC(=O)O)C(OC2OC(COCC(=O)O)C(C(C)(C)C)C(OCC(=O)O)[C@H]2OCC(=O)O)C(OCC(=O)O)C1OCC(=O)O. The number of carboxylic acids is 6. The fraction of sp³-hybridized carbons (Fsp3) is 0.812. The van der Waals surface area contributed by atoms with Crippen LogP contribution < -0.4 is 0 Å².